The van der Waals surface area contributed by atoms with E-state index < -0.39 is 24.4 Å². The Hall–Kier alpha value is -2.53. The molecular formula is C19H27N5O5. The van der Waals surface area contributed by atoms with Crippen LogP contribution in [0.5, 0.6) is 5.75 Å². The Morgan fingerprint density at radius 2 is 1.93 bits per heavy atom. The van der Waals surface area contributed by atoms with Gasteiger partial charge in [-0.25, -0.2) is 4.68 Å². The monoisotopic (exact) mass is 405 g/mol. The zero-order chi connectivity index (χ0) is 20.8. The van der Waals surface area contributed by atoms with Crippen LogP contribution in [0.3, 0.4) is 0 Å². The molecule has 0 saturated carbocycles. The normalized spacial score (nSPS) is 23.9. The maximum Gasteiger partial charge on any atom is 0.222 e. The van der Waals surface area contributed by atoms with Gasteiger partial charge in [-0.1, -0.05) is 17.3 Å². The van der Waals surface area contributed by atoms with Crippen LogP contribution in [-0.2, 0) is 29.2 Å². The molecule has 2 aromatic rings. The lowest BCUT2D eigenvalue weighted by molar-refractivity contribution is -0.125. The van der Waals surface area contributed by atoms with E-state index >= 15 is 0 Å². The number of carbonyl (C=O) groups excluding carboxylic acids is 1. The summed E-state index contributed by atoms with van der Waals surface area (Å²) in [4.78, 5) is 12.2. The first-order valence-corrected chi connectivity index (χ1v) is 9.45. The number of nitrogens with zero attached hydrogens (tertiary/aromatic N) is 3. The van der Waals surface area contributed by atoms with E-state index in [1.807, 2.05) is 31.3 Å². The van der Waals surface area contributed by atoms with Crippen LogP contribution in [-0.4, -0.2) is 69.7 Å². The van der Waals surface area contributed by atoms with Crippen LogP contribution in [0.25, 0.3) is 0 Å². The van der Waals surface area contributed by atoms with Gasteiger partial charge in [0.25, 0.3) is 0 Å². The maximum absolute atomic E-state index is 12.2. The van der Waals surface area contributed by atoms with Crippen LogP contribution in [0.1, 0.15) is 17.7 Å². The lowest BCUT2D eigenvalue weighted by atomic mass is 10.1. The van der Waals surface area contributed by atoms with Crippen molar-refractivity contribution in [3.8, 4) is 5.75 Å². The molecule has 2 heterocycles. The third kappa shape index (κ3) is 5.51. The Balaban J connectivity index is 1.49. The van der Waals surface area contributed by atoms with Crippen molar-refractivity contribution in [3.63, 3.8) is 0 Å². The van der Waals surface area contributed by atoms with Crippen LogP contribution in [0.15, 0.2) is 30.5 Å². The summed E-state index contributed by atoms with van der Waals surface area (Å²) in [5.41, 5.74) is 1.68. The number of hydrogen-bond donors (Lipinski definition) is 4. The molecule has 0 bridgehead atoms. The SMILES string of the molecule is CNCc1cn(CC2OC(CC(=O)NCc3ccc(OC)cc3)C(O)C2O)nn1. The van der Waals surface area contributed by atoms with E-state index in [1.54, 1.807) is 18.0 Å². The van der Waals surface area contributed by atoms with Gasteiger partial charge in [-0.05, 0) is 24.7 Å². The number of ether oxygens (including phenoxy) is 2. The van der Waals surface area contributed by atoms with Crippen molar-refractivity contribution in [2.75, 3.05) is 14.2 Å². The van der Waals surface area contributed by atoms with Crippen molar-refractivity contribution in [2.24, 2.45) is 0 Å². The van der Waals surface area contributed by atoms with Gasteiger partial charge in [0, 0.05) is 19.3 Å². The number of hydrogen-bond acceptors (Lipinski definition) is 8. The van der Waals surface area contributed by atoms with E-state index in [9.17, 15) is 15.0 Å². The molecule has 1 aromatic heterocycles. The largest absolute Gasteiger partial charge is 0.497 e. The van der Waals surface area contributed by atoms with E-state index in [2.05, 4.69) is 20.9 Å². The molecule has 1 aliphatic rings. The molecule has 3 rings (SSSR count). The highest BCUT2D eigenvalue weighted by Crippen LogP contribution is 2.25. The van der Waals surface area contributed by atoms with Gasteiger partial charge < -0.3 is 30.3 Å². The van der Waals surface area contributed by atoms with Crippen molar-refractivity contribution in [3.05, 3.63) is 41.7 Å². The highest BCUT2D eigenvalue weighted by Gasteiger charge is 2.43. The molecule has 29 heavy (non-hydrogen) atoms. The Morgan fingerprint density at radius 1 is 1.21 bits per heavy atom. The smallest absolute Gasteiger partial charge is 0.222 e. The van der Waals surface area contributed by atoms with E-state index in [0.717, 1.165) is 17.0 Å². The molecule has 1 amide bonds. The lowest BCUT2D eigenvalue weighted by Crippen LogP contribution is -2.36. The quantitative estimate of drug-likeness (QED) is 0.427. The minimum Gasteiger partial charge on any atom is -0.497 e. The number of aliphatic hydroxyl groups excluding tert-OH is 2. The molecule has 10 nitrogen and oxygen atoms in total. The summed E-state index contributed by atoms with van der Waals surface area (Å²) in [6, 6.07) is 7.36. The number of aromatic nitrogens is 3. The molecule has 4 N–H and O–H groups in total. The van der Waals surface area contributed by atoms with E-state index in [0.29, 0.717) is 13.1 Å². The first kappa shape index (κ1) is 21.2. The second-order valence-corrected chi connectivity index (χ2v) is 6.99. The lowest BCUT2D eigenvalue weighted by Gasteiger charge is -2.14. The molecule has 0 aliphatic carbocycles. The third-order valence-electron chi connectivity index (χ3n) is 4.81. The van der Waals surface area contributed by atoms with Gasteiger partial charge in [0.1, 0.15) is 24.1 Å². The Kier molecular flexibility index (Phi) is 7.15. The van der Waals surface area contributed by atoms with E-state index in [-0.39, 0.29) is 18.9 Å². The number of amides is 1. The number of methoxy groups -OCH3 is 1. The maximum atomic E-state index is 12.2. The van der Waals surface area contributed by atoms with Crippen molar-refractivity contribution < 1.29 is 24.5 Å². The molecule has 1 aliphatic heterocycles. The van der Waals surface area contributed by atoms with Gasteiger partial charge in [-0.2, -0.15) is 0 Å². The average Bonchev–Trinajstić information content (AvgIpc) is 3.27. The van der Waals surface area contributed by atoms with E-state index in [1.165, 1.54) is 0 Å². The van der Waals surface area contributed by atoms with Crippen LogP contribution in [0.2, 0.25) is 0 Å². The first-order valence-electron chi connectivity index (χ1n) is 9.45. The van der Waals surface area contributed by atoms with Crippen LogP contribution in [0.4, 0.5) is 0 Å². The highest BCUT2D eigenvalue weighted by atomic mass is 16.5. The van der Waals surface area contributed by atoms with Crippen LogP contribution in [0, 0.1) is 0 Å². The molecule has 1 saturated heterocycles. The number of aliphatic hydroxyl groups is 2. The van der Waals surface area contributed by atoms with Crippen molar-refractivity contribution in [1.29, 1.82) is 0 Å². The Morgan fingerprint density at radius 3 is 2.62 bits per heavy atom. The molecule has 10 heteroatoms. The second-order valence-electron chi connectivity index (χ2n) is 6.99. The van der Waals surface area contributed by atoms with Gasteiger partial charge >= 0.3 is 0 Å². The fraction of sp³-hybridized carbons (Fsp3) is 0.526. The molecular weight excluding hydrogens is 378 g/mol. The highest BCUT2D eigenvalue weighted by molar-refractivity contribution is 5.76. The molecule has 1 fully saturated rings. The number of carbonyl (C=O) groups is 1. The van der Waals surface area contributed by atoms with Gasteiger partial charge in [0.2, 0.25) is 5.91 Å². The molecule has 4 atom stereocenters. The van der Waals surface area contributed by atoms with Crippen LogP contribution < -0.4 is 15.4 Å². The summed E-state index contributed by atoms with van der Waals surface area (Å²) in [7, 11) is 3.40. The van der Waals surface area contributed by atoms with Crippen LogP contribution >= 0.6 is 0 Å². The number of benzene rings is 1. The molecule has 0 spiro atoms. The summed E-state index contributed by atoms with van der Waals surface area (Å²) >= 11 is 0. The summed E-state index contributed by atoms with van der Waals surface area (Å²) < 4.78 is 12.4. The molecule has 1 aromatic carbocycles. The predicted molar refractivity (Wildman–Crippen MR) is 103 cm³/mol. The fourth-order valence-corrected chi connectivity index (χ4v) is 3.22. The third-order valence-corrected chi connectivity index (χ3v) is 4.81. The number of rotatable bonds is 9. The van der Waals surface area contributed by atoms with Crippen molar-refractivity contribution >= 4 is 5.91 Å². The zero-order valence-corrected chi connectivity index (χ0v) is 16.5. The minimum atomic E-state index is -1.15. The molecule has 0 radical (unpaired) electrons. The van der Waals surface area contributed by atoms with Crippen molar-refractivity contribution in [1.82, 2.24) is 25.6 Å². The van der Waals surface area contributed by atoms with Gasteiger partial charge in [0.05, 0.1) is 31.9 Å². The summed E-state index contributed by atoms with van der Waals surface area (Å²) in [5.74, 6) is 0.475. The molecule has 158 valence electrons. The summed E-state index contributed by atoms with van der Waals surface area (Å²) in [6.45, 7) is 1.16. The van der Waals surface area contributed by atoms with Gasteiger partial charge in [-0.3, -0.25) is 4.79 Å². The minimum absolute atomic E-state index is 0.0484. The summed E-state index contributed by atoms with van der Waals surface area (Å²) in [6.07, 6.45) is -2.01. The molecule has 4 unspecified atom stereocenters. The standard InChI is InChI=1S/C19H27N5O5/c1-20-9-13-10-24(23-22-13)11-16-19(27)18(26)15(29-16)7-17(25)21-8-12-3-5-14(28-2)6-4-12/h3-6,10,15-16,18-20,26-27H,7-9,11H2,1-2H3,(H,21,25). The zero-order valence-electron chi connectivity index (χ0n) is 16.5. The first-order chi connectivity index (χ1) is 14.0. The predicted octanol–water partition coefficient (Wildman–Crippen LogP) is -0.798. The van der Waals surface area contributed by atoms with E-state index in [4.69, 9.17) is 9.47 Å². The topological polar surface area (TPSA) is 131 Å². The second kappa shape index (κ2) is 9.79. The number of nitrogens with one attached hydrogen (secondary N) is 2. The van der Waals surface area contributed by atoms with Gasteiger partial charge in [0.15, 0.2) is 0 Å². The fourth-order valence-electron chi connectivity index (χ4n) is 3.22. The average molecular weight is 405 g/mol. The summed E-state index contributed by atoms with van der Waals surface area (Å²) in [5, 5.41) is 34.3. The van der Waals surface area contributed by atoms with Gasteiger partial charge in [-0.15, -0.1) is 5.10 Å². The van der Waals surface area contributed by atoms with Crippen molar-refractivity contribution in [2.45, 2.75) is 50.5 Å². The Bertz CT molecular complexity index is 797. The Labute approximate surface area is 168 Å².